The molecule has 328 valence electrons. The molecule has 0 N–H and O–H groups in total. The summed E-state index contributed by atoms with van der Waals surface area (Å²) in [5.41, 5.74) is 4.81. The van der Waals surface area contributed by atoms with Crippen LogP contribution in [0.25, 0.3) is 0 Å². The molecule has 8 aliphatic rings. The quantitative estimate of drug-likeness (QED) is 0.146. The third-order valence-corrected chi connectivity index (χ3v) is 21.0. The van der Waals surface area contributed by atoms with Gasteiger partial charge in [0.15, 0.2) is 0 Å². The van der Waals surface area contributed by atoms with E-state index in [-0.39, 0.29) is 23.0 Å². The molecule has 0 aliphatic heterocycles. The van der Waals surface area contributed by atoms with Crippen molar-refractivity contribution < 1.29 is 14.3 Å². The average Bonchev–Trinajstić information content (AvgIpc) is 3.71. The standard InChI is InChI=1S/C55H90O3/c1-35(2)13-11-15-37(5)45-21-23-47-43-19-17-39-33-41(25-29-52(39,7)49(43)27-31-54(45,47)9)57-51(56)58-42-26-30-53(8)40(34-42)18-20-44-48-24-22-46(38(6)16-12-14-36(3)4)55(48,10)32-28-50(44)53/h17-18,35-38,41-50H,11-16,19-34H2,1-10H3/t37-,38-,41?,42?,43?,44?,45-,46-,47?,48?,49?,50?,52+,53+,54-,55-/m1/s1. The van der Waals surface area contributed by atoms with Gasteiger partial charge in [0.2, 0.25) is 0 Å². The van der Waals surface area contributed by atoms with Crippen LogP contribution in [0.15, 0.2) is 23.3 Å². The second-order valence-electron chi connectivity index (χ2n) is 24.8. The van der Waals surface area contributed by atoms with E-state index in [1.54, 1.807) is 11.1 Å². The maximum atomic E-state index is 13.5. The fourth-order valence-corrected chi connectivity index (χ4v) is 17.8. The highest BCUT2D eigenvalue weighted by atomic mass is 16.7. The van der Waals surface area contributed by atoms with Crippen molar-refractivity contribution in [2.75, 3.05) is 0 Å². The first-order valence-electron chi connectivity index (χ1n) is 25.8. The molecule has 16 atom stereocenters. The molecule has 58 heavy (non-hydrogen) atoms. The van der Waals surface area contributed by atoms with Gasteiger partial charge in [0.25, 0.3) is 0 Å². The number of allylic oxidation sites excluding steroid dienone is 2. The highest BCUT2D eigenvalue weighted by molar-refractivity contribution is 5.60. The molecule has 0 radical (unpaired) electrons. The lowest BCUT2D eigenvalue weighted by molar-refractivity contribution is -0.0717. The molecule has 0 bridgehead atoms. The maximum absolute atomic E-state index is 13.5. The van der Waals surface area contributed by atoms with Crippen LogP contribution in [-0.2, 0) is 9.47 Å². The predicted molar refractivity (Wildman–Crippen MR) is 241 cm³/mol. The van der Waals surface area contributed by atoms with Crippen LogP contribution in [0, 0.1) is 92.7 Å². The highest BCUT2D eigenvalue weighted by Crippen LogP contribution is 2.69. The van der Waals surface area contributed by atoms with Crippen molar-refractivity contribution in [2.45, 2.75) is 223 Å². The summed E-state index contributed by atoms with van der Waals surface area (Å²) in [5.74, 6) is 10.2. The van der Waals surface area contributed by atoms with Crippen molar-refractivity contribution in [1.82, 2.24) is 0 Å². The van der Waals surface area contributed by atoms with E-state index in [1.165, 1.54) is 103 Å². The van der Waals surface area contributed by atoms with Gasteiger partial charge < -0.3 is 9.47 Å². The van der Waals surface area contributed by atoms with Crippen LogP contribution in [0.5, 0.6) is 0 Å². The van der Waals surface area contributed by atoms with E-state index in [1.807, 2.05) is 0 Å². The third-order valence-electron chi connectivity index (χ3n) is 21.0. The van der Waals surface area contributed by atoms with E-state index >= 15 is 0 Å². The molecule has 3 nitrogen and oxygen atoms in total. The number of ether oxygens (including phenoxy) is 2. The molecule has 0 spiro atoms. The van der Waals surface area contributed by atoms with Crippen molar-refractivity contribution in [3.05, 3.63) is 23.3 Å². The number of hydrogen-bond donors (Lipinski definition) is 0. The van der Waals surface area contributed by atoms with Crippen molar-refractivity contribution in [2.24, 2.45) is 92.7 Å². The molecule has 6 fully saturated rings. The maximum Gasteiger partial charge on any atom is 0.508 e. The van der Waals surface area contributed by atoms with Crippen LogP contribution < -0.4 is 0 Å². The van der Waals surface area contributed by atoms with Gasteiger partial charge in [-0.25, -0.2) is 4.79 Å². The normalized spacial score (nSPS) is 45.4. The first-order valence-corrected chi connectivity index (χ1v) is 25.8. The van der Waals surface area contributed by atoms with E-state index in [4.69, 9.17) is 9.47 Å². The Bertz CT molecular complexity index is 1410. The number of carbonyl (C=O) groups excluding carboxylic acids is 1. The first-order chi connectivity index (χ1) is 27.6. The molecular formula is C55H90O3. The molecule has 0 heterocycles. The van der Waals surface area contributed by atoms with Gasteiger partial charge in [-0.15, -0.1) is 0 Å². The number of hydrogen-bond acceptors (Lipinski definition) is 3. The number of fused-ring (bicyclic) bond motifs is 10. The fraction of sp³-hybridized carbons (Fsp3) is 0.909. The van der Waals surface area contributed by atoms with Gasteiger partial charge in [0.05, 0.1) is 0 Å². The minimum Gasteiger partial charge on any atom is -0.431 e. The summed E-state index contributed by atoms with van der Waals surface area (Å²) in [6.45, 7) is 25.3. The zero-order chi connectivity index (χ0) is 41.2. The zero-order valence-corrected chi connectivity index (χ0v) is 39.5. The van der Waals surface area contributed by atoms with Crippen LogP contribution in [-0.4, -0.2) is 18.4 Å². The SMILES string of the molecule is CC(C)CCC[C@@H](C)[C@H]1CCC2C3CC=C4CC(OC(=O)OC5CC[C@@]6(C)C(=CCC7C6CC[C@@]6(C)C7CC[C@@H]6[C@H](C)CCCC(C)C)C5)CC[C@]4(C)C3CC[C@@]21C. The fourth-order valence-electron chi connectivity index (χ4n) is 17.8. The molecule has 0 saturated heterocycles. The van der Waals surface area contributed by atoms with Gasteiger partial charge in [0.1, 0.15) is 12.2 Å². The third kappa shape index (κ3) is 7.76. The van der Waals surface area contributed by atoms with Crippen molar-refractivity contribution >= 4 is 6.16 Å². The number of rotatable bonds is 12. The molecule has 0 amide bonds. The zero-order valence-electron chi connectivity index (χ0n) is 39.5. The monoisotopic (exact) mass is 799 g/mol. The molecule has 8 aliphatic carbocycles. The second-order valence-corrected chi connectivity index (χ2v) is 24.8. The first kappa shape index (κ1) is 43.4. The smallest absolute Gasteiger partial charge is 0.431 e. The lowest BCUT2D eigenvalue weighted by Gasteiger charge is -2.58. The van der Waals surface area contributed by atoms with E-state index in [9.17, 15) is 4.79 Å². The van der Waals surface area contributed by atoms with Crippen LogP contribution in [0.3, 0.4) is 0 Å². The van der Waals surface area contributed by atoms with Crippen LogP contribution in [0.1, 0.15) is 210 Å². The van der Waals surface area contributed by atoms with Crippen LogP contribution >= 0.6 is 0 Å². The van der Waals surface area contributed by atoms with Gasteiger partial charge >= 0.3 is 6.16 Å². The lowest BCUT2D eigenvalue weighted by Crippen LogP contribution is -2.51. The Hall–Kier alpha value is -1.25. The van der Waals surface area contributed by atoms with Crippen molar-refractivity contribution in [3.63, 3.8) is 0 Å². The van der Waals surface area contributed by atoms with Crippen LogP contribution in [0.2, 0.25) is 0 Å². The summed E-state index contributed by atoms with van der Waals surface area (Å²) >= 11 is 0. The Labute approximate surface area is 357 Å². The largest absolute Gasteiger partial charge is 0.508 e. The van der Waals surface area contributed by atoms with E-state index in [2.05, 4.69) is 81.4 Å². The Balaban J connectivity index is 0.837. The molecule has 6 saturated carbocycles. The lowest BCUT2D eigenvalue weighted by atomic mass is 9.47. The highest BCUT2D eigenvalue weighted by Gasteiger charge is 2.61. The number of carbonyl (C=O) groups is 1. The Morgan fingerprint density at radius 1 is 0.552 bits per heavy atom. The van der Waals surface area contributed by atoms with E-state index in [0.29, 0.717) is 10.8 Å². The van der Waals surface area contributed by atoms with Gasteiger partial charge in [-0.3, -0.25) is 0 Å². The average molecular weight is 799 g/mol. The molecular weight excluding hydrogens is 709 g/mol. The molecule has 3 heteroatoms. The summed E-state index contributed by atoms with van der Waals surface area (Å²) in [4.78, 5) is 13.5. The van der Waals surface area contributed by atoms with Gasteiger partial charge in [-0.05, 0) is 183 Å². The molecule has 0 aromatic heterocycles. The molecule has 0 aromatic rings. The summed E-state index contributed by atoms with van der Waals surface area (Å²) in [7, 11) is 0. The summed E-state index contributed by atoms with van der Waals surface area (Å²) in [6, 6.07) is 0. The molecule has 0 aromatic carbocycles. The summed E-state index contributed by atoms with van der Waals surface area (Å²) in [6.07, 6.45) is 33.3. The predicted octanol–water partition coefficient (Wildman–Crippen LogP) is 16.0. The van der Waals surface area contributed by atoms with E-state index in [0.717, 1.165) is 110 Å². The van der Waals surface area contributed by atoms with Crippen LogP contribution in [0.4, 0.5) is 4.79 Å². The Kier molecular flexibility index (Phi) is 12.6. The minimum absolute atomic E-state index is 0.0343. The summed E-state index contributed by atoms with van der Waals surface area (Å²) in [5, 5.41) is 0. The minimum atomic E-state index is -0.397. The van der Waals surface area contributed by atoms with Gasteiger partial charge in [-0.1, -0.05) is 131 Å². The second kappa shape index (κ2) is 16.8. The Morgan fingerprint density at radius 3 is 1.36 bits per heavy atom. The summed E-state index contributed by atoms with van der Waals surface area (Å²) < 4.78 is 12.5. The molecule has 8 rings (SSSR count). The van der Waals surface area contributed by atoms with Crippen molar-refractivity contribution in [1.29, 1.82) is 0 Å². The molecule has 8 unspecified atom stereocenters. The van der Waals surface area contributed by atoms with Gasteiger partial charge in [0, 0.05) is 12.8 Å². The van der Waals surface area contributed by atoms with Crippen molar-refractivity contribution in [3.8, 4) is 0 Å². The van der Waals surface area contributed by atoms with E-state index < -0.39 is 6.16 Å². The Morgan fingerprint density at radius 2 is 0.966 bits per heavy atom. The van der Waals surface area contributed by atoms with Gasteiger partial charge in [-0.2, -0.15) is 0 Å². The topological polar surface area (TPSA) is 35.5 Å².